The van der Waals surface area contributed by atoms with Gasteiger partial charge in [-0.1, -0.05) is 18.2 Å². The minimum Gasteiger partial charge on any atom is -0.342 e. The van der Waals surface area contributed by atoms with Gasteiger partial charge in [-0.05, 0) is 36.8 Å². The minimum absolute atomic E-state index is 0.399. The van der Waals surface area contributed by atoms with Gasteiger partial charge >= 0.3 is 0 Å². The van der Waals surface area contributed by atoms with Crippen molar-refractivity contribution in [2.75, 3.05) is 6.26 Å². The van der Waals surface area contributed by atoms with Gasteiger partial charge < -0.3 is 5.32 Å². The Bertz CT molecular complexity index is 777. The third kappa shape index (κ3) is 4.35. The van der Waals surface area contributed by atoms with E-state index in [9.17, 15) is 17.6 Å². The molecule has 0 unspecified atom stereocenters. The average Bonchev–Trinajstić information content (AvgIpc) is 2.52. The fraction of sp³-hybridized carbons (Fsp3) is 0.250. The van der Waals surface area contributed by atoms with Gasteiger partial charge in [0.2, 0.25) is 5.91 Å². The lowest BCUT2D eigenvalue weighted by atomic mass is 10.0. The third-order valence-electron chi connectivity index (χ3n) is 3.48. The van der Waals surface area contributed by atoms with Crippen molar-refractivity contribution in [3.05, 3.63) is 65.7 Å². The number of nitrogens with zero attached hydrogens (tertiary/aromatic N) is 1. The lowest BCUT2D eigenvalue weighted by molar-refractivity contribution is -0.120. The van der Waals surface area contributed by atoms with E-state index in [2.05, 4.69) is 10.3 Å². The van der Waals surface area contributed by atoms with Crippen molar-refractivity contribution in [2.24, 2.45) is 0 Å². The number of nitrogens with one attached hydrogen (secondary N) is 1. The van der Waals surface area contributed by atoms with Crippen molar-refractivity contribution in [3.63, 3.8) is 0 Å². The van der Waals surface area contributed by atoms with E-state index in [1.165, 1.54) is 31.2 Å². The van der Waals surface area contributed by atoms with Crippen molar-refractivity contribution in [1.29, 1.82) is 0 Å². The number of aromatic nitrogens is 1. The molecule has 0 saturated heterocycles. The van der Waals surface area contributed by atoms with E-state index >= 15 is 0 Å². The molecule has 23 heavy (non-hydrogen) atoms. The maximum Gasteiger partial charge on any atom is 0.238 e. The third-order valence-corrected chi connectivity index (χ3v) is 4.98. The summed E-state index contributed by atoms with van der Waals surface area (Å²) >= 11 is 0. The van der Waals surface area contributed by atoms with Crippen LogP contribution in [0.15, 0.2) is 48.7 Å². The molecule has 1 aromatic carbocycles. The van der Waals surface area contributed by atoms with Gasteiger partial charge in [-0.3, -0.25) is 9.78 Å². The van der Waals surface area contributed by atoms with Crippen LogP contribution < -0.4 is 5.32 Å². The Morgan fingerprint density at radius 3 is 2.35 bits per heavy atom. The molecule has 122 valence electrons. The van der Waals surface area contributed by atoms with Crippen LogP contribution in [0, 0.1) is 5.82 Å². The number of benzene rings is 1. The Balaban J connectivity index is 2.35. The molecule has 5 nitrogen and oxygen atoms in total. The summed E-state index contributed by atoms with van der Waals surface area (Å²) in [5.41, 5.74) is 1.15. The number of halogens is 1. The van der Waals surface area contributed by atoms with Crippen molar-refractivity contribution in [2.45, 2.75) is 18.2 Å². The van der Waals surface area contributed by atoms with Crippen LogP contribution in [0.1, 0.15) is 24.2 Å². The number of pyridine rings is 1. The average molecular weight is 336 g/mol. The maximum atomic E-state index is 13.1. The topological polar surface area (TPSA) is 76.1 Å². The first kappa shape index (κ1) is 17.1. The highest BCUT2D eigenvalue weighted by Gasteiger charge is 2.27. The summed E-state index contributed by atoms with van der Waals surface area (Å²) in [6.45, 7) is 1.32. The van der Waals surface area contributed by atoms with E-state index in [1.54, 1.807) is 24.4 Å². The number of hydrogen-bond acceptors (Lipinski definition) is 4. The van der Waals surface area contributed by atoms with E-state index in [1.807, 2.05) is 0 Å². The highest BCUT2D eigenvalue weighted by atomic mass is 32.2. The molecular formula is C16H17FN2O3S. The first-order valence-electron chi connectivity index (χ1n) is 6.94. The number of carbonyl (C=O) groups is 1. The Hall–Kier alpha value is -2.28. The second-order valence-electron chi connectivity index (χ2n) is 5.22. The van der Waals surface area contributed by atoms with E-state index in [4.69, 9.17) is 0 Å². The Labute approximate surface area is 134 Å². The number of sulfone groups is 1. The summed E-state index contributed by atoms with van der Waals surface area (Å²) in [6.07, 6.45) is 2.57. The highest BCUT2D eigenvalue weighted by Crippen LogP contribution is 2.21. The molecule has 0 fully saturated rings. The number of carbonyl (C=O) groups excluding carboxylic acids is 1. The summed E-state index contributed by atoms with van der Waals surface area (Å²) in [7, 11) is -3.51. The zero-order valence-electron chi connectivity index (χ0n) is 12.7. The van der Waals surface area contributed by atoms with Gasteiger partial charge in [-0.15, -0.1) is 0 Å². The van der Waals surface area contributed by atoms with E-state index in [-0.39, 0.29) is 0 Å². The van der Waals surface area contributed by atoms with Crippen molar-refractivity contribution < 1.29 is 17.6 Å². The summed E-state index contributed by atoms with van der Waals surface area (Å²) in [5.74, 6) is -1.03. The molecule has 1 amide bonds. The van der Waals surface area contributed by atoms with Crippen LogP contribution in [-0.2, 0) is 14.6 Å². The van der Waals surface area contributed by atoms with Crippen LogP contribution in [0.5, 0.6) is 0 Å². The van der Waals surface area contributed by atoms with Gasteiger partial charge in [0.15, 0.2) is 9.84 Å². The second kappa shape index (κ2) is 6.87. The van der Waals surface area contributed by atoms with Gasteiger partial charge in [-0.25, -0.2) is 12.8 Å². The van der Waals surface area contributed by atoms with Crippen LogP contribution in [-0.4, -0.2) is 30.8 Å². The Morgan fingerprint density at radius 2 is 1.83 bits per heavy atom. The van der Waals surface area contributed by atoms with E-state index in [0.717, 1.165) is 6.26 Å². The standard InChI is InChI=1S/C16H17FN2O3S/c1-11(23(2,21)22)16(20)19-15(14-5-3-4-10-18-14)12-6-8-13(17)9-7-12/h3-11,15H,1-2H3,(H,19,20)/t11-,15+/m1/s1. The van der Waals surface area contributed by atoms with Crippen LogP contribution >= 0.6 is 0 Å². The van der Waals surface area contributed by atoms with Crippen LogP contribution in [0.25, 0.3) is 0 Å². The molecule has 0 radical (unpaired) electrons. The molecule has 0 spiro atoms. The predicted octanol–water partition coefficient (Wildman–Crippen LogP) is 1.86. The number of rotatable bonds is 5. The van der Waals surface area contributed by atoms with Crippen molar-refractivity contribution >= 4 is 15.7 Å². The highest BCUT2D eigenvalue weighted by molar-refractivity contribution is 7.92. The molecule has 0 saturated carbocycles. The summed E-state index contributed by atoms with van der Waals surface area (Å²) < 4.78 is 36.2. The molecule has 7 heteroatoms. The minimum atomic E-state index is -3.51. The largest absolute Gasteiger partial charge is 0.342 e. The van der Waals surface area contributed by atoms with E-state index in [0.29, 0.717) is 11.3 Å². The first-order valence-corrected chi connectivity index (χ1v) is 8.90. The second-order valence-corrected chi connectivity index (χ2v) is 7.59. The number of hydrogen-bond donors (Lipinski definition) is 1. The molecule has 0 aliphatic heterocycles. The van der Waals surface area contributed by atoms with Gasteiger partial charge in [0.05, 0.1) is 11.7 Å². The van der Waals surface area contributed by atoms with Crippen LogP contribution in [0.2, 0.25) is 0 Å². The summed E-state index contributed by atoms with van der Waals surface area (Å²) in [4.78, 5) is 16.4. The Morgan fingerprint density at radius 1 is 1.17 bits per heavy atom. The monoisotopic (exact) mass is 336 g/mol. The molecule has 0 aliphatic rings. The van der Waals surface area contributed by atoms with Crippen molar-refractivity contribution in [3.8, 4) is 0 Å². The lowest BCUT2D eigenvalue weighted by Crippen LogP contribution is -2.40. The predicted molar refractivity (Wildman–Crippen MR) is 84.9 cm³/mol. The molecule has 1 N–H and O–H groups in total. The number of amides is 1. The van der Waals surface area contributed by atoms with Gasteiger partial charge in [0, 0.05) is 12.5 Å². The molecule has 2 rings (SSSR count). The van der Waals surface area contributed by atoms with Crippen LogP contribution in [0.4, 0.5) is 4.39 Å². The van der Waals surface area contributed by atoms with Crippen LogP contribution in [0.3, 0.4) is 0 Å². The normalized spacial score (nSPS) is 14.0. The molecule has 2 aromatic rings. The fourth-order valence-corrected chi connectivity index (χ4v) is 2.44. The van der Waals surface area contributed by atoms with E-state index < -0.39 is 32.9 Å². The molecular weight excluding hydrogens is 319 g/mol. The first-order chi connectivity index (χ1) is 10.8. The maximum absolute atomic E-state index is 13.1. The zero-order valence-corrected chi connectivity index (χ0v) is 13.5. The SMILES string of the molecule is C[C@H](C(=O)N[C@@H](c1ccc(F)cc1)c1ccccn1)S(C)(=O)=O. The molecule has 2 atom stereocenters. The molecule has 1 heterocycles. The van der Waals surface area contributed by atoms with Gasteiger partial charge in [-0.2, -0.15) is 0 Å². The zero-order chi connectivity index (χ0) is 17.0. The molecule has 1 aromatic heterocycles. The molecule has 0 bridgehead atoms. The van der Waals surface area contributed by atoms with Gasteiger partial charge in [0.1, 0.15) is 11.1 Å². The van der Waals surface area contributed by atoms with Gasteiger partial charge in [0.25, 0.3) is 0 Å². The smallest absolute Gasteiger partial charge is 0.238 e. The molecule has 0 aliphatic carbocycles. The Kier molecular flexibility index (Phi) is 5.10. The summed E-state index contributed by atoms with van der Waals surface area (Å²) in [6, 6.07) is 10.1. The quantitative estimate of drug-likeness (QED) is 0.904. The van der Waals surface area contributed by atoms with Crippen molar-refractivity contribution in [1.82, 2.24) is 10.3 Å². The lowest BCUT2D eigenvalue weighted by Gasteiger charge is -2.20. The fourth-order valence-electron chi connectivity index (χ4n) is 1.98. The summed E-state index contributed by atoms with van der Waals surface area (Å²) in [5, 5.41) is 1.49.